The van der Waals surface area contributed by atoms with Gasteiger partial charge in [-0.15, -0.1) is 0 Å². The van der Waals surface area contributed by atoms with Crippen molar-refractivity contribution in [2.75, 3.05) is 13.1 Å². The number of carbonyl (C=O) groups is 1. The van der Waals surface area contributed by atoms with Crippen LogP contribution >= 0.6 is 0 Å². The Bertz CT molecular complexity index is 650. The summed E-state index contributed by atoms with van der Waals surface area (Å²) in [7, 11) is 0. The Kier molecular flexibility index (Phi) is 4.89. The van der Waals surface area contributed by atoms with Crippen molar-refractivity contribution in [3.63, 3.8) is 0 Å². The summed E-state index contributed by atoms with van der Waals surface area (Å²) < 4.78 is 26.8. The van der Waals surface area contributed by atoms with Crippen LogP contribution < -0.4 is 0 Å². The Hall–Kier alpha value is -1.29. The molecule has 3 aliphatic rings. The van der Waals surface area contributed by atoms with Gasteiger partial charge < -0.3 is 0 Å². The van der Waals surface area contributed by atoms with Crippen LogP contribution in [0.2, 0.25) is 0 Å². The number of likely N-dealkylation sites (tertiary alicyclic amines) is 1. The van der Waals surface area contributed by atoms with Gasteiger partial charge in [0.05, 0.1) is 0 Å². The van der Waals surface area contributed by atoms with Gasteiger partial charge in [-0.05, 0) is 49.1 Å². The molecule has 2 aliphatic carbocycles. The predicted molar refractivity (Wildman–Crippen MR) is 98.3 cm³/mol. The Morgan fingerprint density at radius 1 is 1.19 bits per heavy atom. The maximum absolute atomic E-state index is 13.4. The largest absolute Gasteiger partial charge is 0.300 e. The molecule has 2 nitrogen and oxygen atoms in total. The number of piperidine rings is 1. The van der Waals surface area contributed by atoms with Crippen molar-refractivity contribution in [1.82, 2.24) is 4.90 Å². The number of rotatable bonds is 7. The van der Waals surface area contributed by atoms with Gasteiger partial charge in [0, 0.05) is 44.0 Å². The van der Waals surface area contributed by atoms with Gasteiger partial charge in [0.25, 0.3) is 5.92 Å². The fourth-order valence-corrected chi connectivity index (χ4v) is 5.24. The molecule has 1 aliphatic heterocycles. The number of benzene rings is 1. The summed E-state index contributed by atoms with van der Waals surface area (Å²) in [5.74, 6) is -0.903. The highest BCUT2D eigenvalue weighted by Crippen LogP contribution is 2.53. The molecular formula is C22H29F2NO. The molecule has 1 aromatic carbocycles. The van der Waals surface area contributed by atoms with E-state index in [-0.39, 0.29) is 5.56 Å². The summed E-state index contributed by atoms with van der Waals surface area (Å²) in [5.41, 5.74) is 0.963. The monoisotopic (exact) mass is 361 g/mol. The van der Waals surface area contributed by atoms with Crippen molar-refractivity contribution in [2.45, 2.75) is 63.8 Å². The first kappa shape index (κ1) is 18.1. The number of nitrogens with zero attached hydrogens (tertiary/aromatic N) is 1. The molecule has 1 heterocycles. The van der Waals surface area contributed by atoms with E-state index in [9.17, 15) is 13.6 Å². The second-order valence-electron chi connectivity index (χ2n) is 8.65. The van der Waals surface area contributed by atoms with Crippen LogP contribution in [0.25, 0.3) is 0 Å². The molecule has 4 rings (SSSR count). The van der Waals surface area contributed by atoms with Gasteiger partial charge >= 0.3 is 0 Å². The zero-order valence-corrected chi connectivity index (χ0v) is 15.6. The lowest BCUT2D eigenvalue weighted by Crippen LogP contribution is -2.34. The highest BCUT2D eigenvalue weighted by Gasteiger charge is 2.59. The van der Waals surface area contributed by atoms with Crippen molar-refractivity contribution in [2.24, 2.45) is 17.8 Å². The maximum atomic E-state index is 13.4. The molecular weight excluding hydrogens is 332 g/mol. The molecule has 0 N–H and O–H groups in total. The Morgan fingerprint density at radius 3 is 2.54 bits per heavy atom. The van der Waals surface area contributed by atoms with Crippen LogP contribution in [0.1, 0.15) is 56.6 Å². The van der Waals surface area contributed by atoms with E-state index < -0.39 is 5.92 Å². The van der Waals surface area contributed by atoms with E-state index in [0.717, 1.165) is 38.0 Å². The first-order valence-electron chi connectivity index (χ1n) is 10.2. The van der Waals surface area contributed by atoms with Crippen LogP contribution in [0.15, 0.2) is 24.3 Å². The van der Waals surface area contributed by atoms with Crippen LogP contribution in [0.4, 0.5) is 8.78 Å². The lowest BCUT2D eigenvalue weighted by Gasteiger charge is -2.26. The van der Waals surface area contributed by atoms with Crippen LogP contribution in [-0.2, 0) is 17.1 Å². The van der Waals surface area contributed by atoms with Crippen LogP contribution in [0.5, 0.6) is 0 Å². The fourth-order valence-electron chi connectivity index (χ4n) is 5.24. The van der Waals surface area contributed by atoms with Gasteiger partial charge in [-0.3, -0.25) is 9.69 Å². The third-order valence-corrected chi connectivity index (χ3v) is 6.76. The van der Waals surface area contributed by atoms with Gasteiger partial charge in [-0.1, -0.05) is 31.0 Å². The number of halogens is 2. The minimum absolute atomic E-state index is 0.0602. The molecule has 4 heteroatoms. The second-order valence-corrected chi connectivity index (χ2v) is 8.65. The number of hydrogen-bond acceptors (Lipinski definition) is 2. The zero-order chi connectivity index (χ0) is 18.3. The highest BCUT2D eigenvalue weighted by atomic mass is 19.3. The third kappa shape index (κ3) is 3.71. The van der Waals surface area contributed by atoms with Crippen LogP contribution in [0, 0.1) is 17.8 Å². The summed E-state index contributed by atoms with van der Waals surface area (Å²) in [6.45, 7) is 3.18. The molecule has 3 atom stereocenters. The zero-order valence-electron chi connectivity index (χ0n) is 15.6. The Labute approximate surface area is 155 Å². The van der Waals surface area contributed by atoms with Crippen molar-refractivity contribution in [3.05, 3.63) is 35.4 Å². The Morgan fingerprint density at radius 2 is 1.88 bits per heavy atom. The van der Waals surface area contributed by atoms with E-state index in [1.54, 1.807) is 12.1 Å². The summed E-state index contributed by atoms with van der Waals surface area (Å²) in [6.07, 6.45) is 7.47. The highest BCUT2D eigenvalue weighted by molar-refractivity contribution is 5.84. The van der Waals surface area contributed by atoms with E-state index in [0.29, 0.717) is 36.4 Å². The van der Waals surface area contributed by atoms with Gasteiger partial charge in [-0.25, -0.2) is 8.78 Å². The molecule has 1 saturated heterocycles. The van der Waals surface area contributed by atoms with Gasteiger partial charge in [0.2, 0.25) is 0 Å². The van der Waals surface area contributed by atoms with Gasteiger partial charge in [0.1, 0.15) is 5.78 Å². The number of fused-ring (bicyclic) bond motifs is 1. The van der Waals surface area contributed by atoms with E-state index in [4.69, 9.17) is 0 Å². The molecule has 0 spiro atoms. The first-order chi connectivity index (χ1) is 12.4. The molecule has 3 fully saturated rings. The molecule has 142 valence electrons. The minimum atomic E-state index is -2.80. The fraction of sp³-hybridized carbons (Fsp3) is 0.682. The number of hydrogen-bond donors (Lipinski definition) is 0. The number of Topliss-reactive ketones (excluding diaryl/α,β-unsaturated/α-hetero) is 1. The minimum Gasteiger partial charge on any atom is -0.300 e. The smallest absolute Gasteiger partial charge is 0.270 e. The normalized spacial score (nSPS) is 29.1. The molecule has 1 aromatic rings. The quantitative estimate of drug-likeness (QED) is 0.695. The molecule has 0 aromatic heterocycles. The van der Waals surface area contributed by atoms with E-state index >= 15 is 0 Å². The average Bonchev–Trinajstić information content (AvgIpc) is 3.00. The maximum Gasteiger partial charge on any atom is 0.270 e. The van der Waals surface area contributed by atoms with Gasteiger partial charge in [-0.2, -0.15) is 0 Å². The second kappa shape index (κ2) is 7.03. The number of alkyl halides is 2. The van der Waals surface area contributed by atoms with E-state index in [2.05, 4.69) is 4.90 Å². The van der Waals surface area contributed by atoms with Crippen molar-refractivity contribution >= 4 is 5.78 Å². The standard InChI is InChI=1S/C22H29F2NO/c1-22(23,24)16-8-4-6-15(12-16)7-5-11-20(26)21-18-13-25(14-19(18)21)17-9-2-3-10-17/h4,6,8,12,17-19,21H,2-3,5,7,9-11,13-14H2,1H3/t18-,19+,21?. The van der Waals surface area contributed by atoms with E-state index in [1.807, 2.05) is 6.07 Å². The molecule has 1 unspecified atom stereocenters. The summed E-state index contributed by atoms with van der Waals surface area (Å²) in [5, 5.41) is 0. The number of aryl methyl sites for hydroxylation is 1. The molecule has 26 heavy (non-hydrogen) atoms. The van der Waals surface area contributed by atoms with Crippen molar-refractivity contribution in [3.8, 4) is 0 Å². The van der Waals surface area contributed by atoms with Crippen LogP contribution in [0.3, 0.4) is 0 Å². The summed E-state index contributed by atoms with van der Waals surface area (Å²) in [4.78, 5) is 15.2. The molecule has 2 saturated carbocycles. The molecule has 0 amide bonds. The van der Waals surface area contributed by atoms with Gasteiger partial charge in [0.15, 0.2) is 0 Å². The number of ketones is 1. The molecule has 0 bridgehead atoms. The lowest BCUT2D eigenvalue weighted by atomic mass is 10.00. The third-order valence-electron chi connectivity index (χ3n) is 6.76. The first-order valence-corrected chi connectivity index (χ1v) is 10.2. The summed E-state index contributed by atoms with van der Waals surface area (Å²) >= 11 is 0. The molecule has 0 radical (unpaired) electrons. The lowest BCUT2D eigenvalue weighted by molar-refractivity contribution is -0.121. The topological polar surface area (TPSA) is 20.3 Å². The Balaban J connectivity index is 1.21. The predicted octanol–water partition coefficient (Wildman–Crippen LogP) is 4.81. The van der Waals surface area contributed by atoms with E-state index in [1.165, 1.54) is 31.7 Å². The summed E-state index contributed by atoms with van der Waals surface area (Å²) in [6, 6.07) is 7.39. The average molecular weight is 361 g/mol. The van der Waals surface area contributed by atoms with Crippen molar-refractivity contribution < 1.29 is 13.6 Å². The van der Waals surface area contributed by atoms with Crippen LogP contribution in [-0.4, -0.2) is 29.8 Å². The SMILES string of the molecule is CC(F)(F)c1cccc(CCCC(=O)C2[C@H]3CN(C4CCCC4)C[C@@H]23)c1. The number of carbonyl (C=O) groups excluding carboxylic acids is 1. The van der Waals surface area contributed by atoms with Crippen molar-refractivity contribution in [1.29, 1.82) is 0 Å².